The summed E-state index contributed by atoms with van der Waals surface area (Å²) < 4.78 is 0. The first-order valence-electron chi connectivity index (χ1n) is 8.35. The molecular weight excluding hydrogens is 342 g/mol. The summed E-state index contributed by atoms with van der Waals surface area (Å²) in [7, 11) is 0. The summed E-state index contributed by atoms with van der Waals surface area (Å²) in [5.74, 6) is 0.513. The van der Waals surface area contributed by atoms with Crippen molar-refractivity contribution in [2.45, 2.75) is 6.54 Å². The number of nitrogen functional groups attached to an aromatic ring is 1. The van der Waals surface area contributed by atoms with Crippen LogP contribution in [0.4, 0.5) is 17.5 Å². The van der Waals surface area contributed by atoms with Crippen molar-refractivity contribution in [3.63, 3.8) is 0 Å². The van der Waals surface area contributed by atoms with Gasteiger partial charge in [-0.2, -0.15) is 10.1 Å². The molecular formula is C19H17N7O. The molecule has 0 atom stereocenters. The van der Waals surface area contributed by atoms with Crippen LogP contribution in [0.25, 0.3) is 10.9 Å². The maximum Gasteiger partial charge on any atom is 0.272 e. The SMILES string of the molecule is Nc1nccc(Nc2ccc3[nH]nc(C(=O)NCc4ccccc4)c3c2)n1. The van der Waals surface area contributed by atoms with Crippen molar-refractivity contribution in [1.29, 1.82) is 0 Å². The number of carbonyl (C=O) groups excluding carboxylic acids is 1. The summed E-state index contributed by atoms with van der Waals surface area (Å²) in [4.78, 5) is 20.5. The maximum absolute atomic E-state index is 12.6. The Kier molecular flexibility index (Phi) is 4.36. The van der Waals surface area contributed by atoms with Gasteiger partial charge in [-0.1, -0.05) is 30.3 Å². The van der Waals surface area contributed by atoms with Gasteiger partial charge in [0, 0.05) is 23.8 Å². The highest BCUT2D eigenvalue weighted by atomic mass is 16.1. The lowest BCUT2D eigenvalue weighted by Crippen LogP contribution is -2.23. The largest absolute Gasteiger partial charge is 0.368 e. The molecule has 0 aliphatic heterocycles. The molecule has 134 valence electrons. The maximum atomic E-state index is 12.6. The summed E-state index contributed by atoms with van der Waals surface area (Å²) >= 11 is 0. The second-order valence-electron chi connectivity index (χ2n) is 5.93. The van der Waals surface area contributed by atoms with Gasteiger partial charge in [-0.15, -0.1) is 0 Å². The standard InChI is InChI=1S/C19H17N7O/c20-19-21-9-8-16(24-19)23-13-6-7-15-14(10-13)17(26-25-15)18(27)22-11-12-4-2-1-3-5-12/h1-10H,11H2,(H,22,27)(H,25,26)(H3,20,21,23,24). The first-order valence-corrected chi connectivity index (χ1v) is 8.35. The van der Waals surface area contributed by atoms with Crippen molar-refractivity contribution < 1.29 is 4.79 Å². The van der Waals surface area contributed by atoms with E-state index >= 15 is 0 Å². The highest BCUT2D eigenvalue weighted by Gasteiger charge is 2.14. The molecule has 27 heavy (non-hydrogen) atoms. The highest BCUT2D eigenvalue weighted by molar-refractivity contribution is 6.05. The van der Waals surface area contributed by atoms with Crippen LogP contribution in [0.2, 0.25) is 0 Å². The third kappa shape index (κ3) is 3.69. The highest BCUT2D eigenvalue weighted by Crippen LogP contribution is 2.23. The molecule has 0 bridgehead atoms. The molecule has 2 heterocycles. The number of hydrogen-bond acceptors (Lipinski definition) is 6. The van der Waals surface area contributed by atoms with E-state index in [2.05, 4.69) is 30.8 Å². The number of carbonyl (C=O) groups is 1. The average Bonchev–Trinajstić information content (AvgIpc) is 3.10. The number of rotatable bonds is 5. The number of nitrogens with zero attached hydrogens (tertiary/aromatic N) is 3. The number of H-pyrrole nitrogens is 1. The summed E-state index contributed by atoms with van der Waals surface area (Å²) in [6, 6.07) is 17.0. The van der Waals surface area contributed by atoms with Gasteiger partial charge >= 0.3 is 0 Å². The minimum absolute atomic E-state index is 0.186. The quantitative estimate of drug-likeness (QED) is 0.434. The van der Waals surface area contributed by atoms with Crippen LogP contribution in [0.5, 0.6) is 0 Å². The van der Waals surface area contributed by atoms with Gasteiger partial charge in [0.05, 0.1) is 5.52 Å². The number of aromatic nitrogens is 4. The number of fused-ring (bicyclic) bond motifs is 1. The second-order valence-corrected chi connectivity index (χ2v) is 5.93. The number of amides is 1. The van der Waals surface area contributed by atoms with E-state index < -0.39 is 0 Å². The Balaban J connectivity index is 1.55. The van der Waals surface area contributed by atoms with Crippen LogP contribution in [0.15, 0.2) is 60.8 Å². The summed E-state index contributed by atoms with van der Waals surface area (Å²) in [5.41, 5.74) is 8.50. The van der Waals surface area contributed by atoms with E-state index in [9.17, 15) is 4.79 Å². The van der Waals surface area contributed by atoms with Crippen LogP contribution in [0.3, 0.4) is 0 Å². The molecule has 8 heteroatoms. The topological polar surface area (TPSA) is 122 Å². The van der Waals surface area contributed by atoms with Gasteiger partial charge in [0.25, 0.3) is 5.91 Å². The molecule has 0 spiro atoms. The molecule has 2 aromatic heterocycles. The van der Waals surface area contributed by atoms with Crippen molar-refractivity contribution in [1.82, 2.24) is 25.5 Å². The van der Waals surface area contributed by atoms with E-state index in [-0.39, 0.29) is 11.9 Å². The van der Waals surface area contributed by atoms with Gasteiger partial charge < -0.3 is 16.4 Å². The average molecular weight is 359 g/mol. The molecule has 0 saturated carbocycles. The normalized spacial score (nSPS) is 10.7. The van der Waals surface area contributed by atoms with Crippen LogP contribution in [-0.4, -0.2) is 26.1 Å². The Morgan fingerprint density at radius 3 is 2.78 bits per heavy atom. The molecule has 4 aromatic rings. The molecule has 8 nitrogen and oxygen atoms in total. The number of benzene rings is 2. The van der Waals surface area contributed by atoms with E-state index in [0.29, 0.717) is 23.4 Å². The molecule has 0 radical (unpaired) electrons. The molecule has 1 amide bonds. The zero-order valence-electron chi connectivity index (χ0n) is 14.3. The predicted molar refractivity (Wildman–Crippen MR) is 103 cm³/mol. The Morgan fingerprint density at radius 2 is 1.96 bits per heavy atom. The molecule has 0 aliphatic rings. The predicted octanol–water partition coefficient (Wildman–Crippen LogP) is 2.61. The second kappa shape index (κ2) is 7.12. The molecule has 0 saturated heterocycles. The molecule has 0 unspecified atom stereocenters. The number of aromatic amines is 1. The minimum atomic E-state index is -0.242. The number of hydrogen-bond donors (Lipinski definition) is 4. The Bertz CT molecular complexity index is 1090. The van der Waals surface area contributed by atoms with E-state index in [4.69, 9.17) is 5.73 Å². The van der Waals surface area contributed by atoms with Crippen LogP contribution in [-0.2, 0) is 6.54 Å². The van der Waals surface area contributed by atoms with Crippen LogP contribution < -0.4 is 16.4 Å². The van der Waals surface area contributed by atoms with Gasteiger partial charge in [-0.25, -0.2) is 4.98 Å². The third-order valence-corrected chi connectivity index (χ3v) is 4.02. The fourth-order valence-electron chi connectivity index (χ4n) is 2.72. The van der Waals surface area contributed by atoms with Crippen LogP contribution in [0.1, 0.15) is 16.1 Å². The smallest absolute Gasteiger partial charge is 0.272 e. The van der Waals surface area contributed by atoms with E-state index in [1.807, 2.05) is 48.5 Å². The zero-order valence-corrected chi connectivity index (χ0v) is 14.3. The van der Waals surface area contributed by atoms with E-state index in [1.165, 1.54) is 0 Å². The number of nitrogens with one attached hydrogen (secondary N) is 3. The van der Waals surface area contributed by atoms with Crippen molar-refractivity contribution in [3.8, 4) is 0 Å². The fourth-order valence-corrected chi connectivity index (χ4v) is 2.72. The first-order chi connectivity index (χ1) is 13.2. The van der Waals surface area contributed by atoms with Gasteiger partial charge in [0.2, 0.25) is 5.95 Å². The van der Waals surface area contributed by atoms with E-state index in [0.717, 1.165) is 16.8 Å². The van der Waals surface area contributed by atoms with Gasteiger partial charge in [-0.05, 0) is 29.8 Å². The molecule has 2 aromatic carbocycles. The molecule has 5 N–H and O–H groups in total. The van der Waals surface area contributed by atoms with Crippen LogP contribution in [0, 0.1) is 0 Å². The minimum Gasteiger partial charge on any atom is -0.368 e. The van der Waals surface area contributed by atoms with Gasteiger partial charge in [-0.3, -0.25) is 9.89 Å². The van der Waals surface area contributed by atoms with Crippen molar-refractivity contribution >= 4 is 34.3 Å². The lowest BCUT2D eigenvalue weighted by molar-refractivity contribution is 0.0947. The van der Waals surface area contributed by atoms with Gasteiger partial charge in [0.15, 0.2) is 5.69 Å². The molecule has 0 fully saturated rings. The third-order valence-electron chi connectivity index (χ3n) is 4.02. The first kappa shape index (κ1) is 16.5. The number of anilines is 3. The van der Waals surface area contributed by atoms with Crippen molar-refractivity contribution in [3.05, 3.63) is 72.1 Å². The van der Waals surface area contributed by atoms with Crippen molar-refractivity contribution in [2.75, 3.05) is 11.1 Å². The molecule has 4 rings (SSSR count). The van der Waals surface area contributed by atoms with E-state index in [1.54, 1.807) is 12.3 Å². The molecule has 0 aliphatic carbocycles. The summed E-state index contributed by atoms with van der Waals surface area (Å²) in [5, 5.41) is 13.8. The lowest BCUT2D eigenvalue weighted by atomic mass is 10.1. The van der Waals surface area contributed by atoms with Gasteiger partial charge in [0.1, 0.15) is 5.82 Å². The fraction of sp³-hybridized carbons (Fsp3) is 0.0526. The Morgan fingerprint density at radius 1 is 1.11 bits per heavy atom. The monoisotopic (exact) mass is 359 g/mol. The summed E-state index contributed by atoms with van der Waals surface area (Å²) in [6.07, 6.45) is 1.57. The summed E-state index contributed by atoms with van der Waals surface area (Å²) in [6.45, 7) is 0.437. The number of nitrogens with two attached hydrogens (primary N) is 1. The Labute approximate surface area is 154 Å². The Hall–Kier alpha value is -3.94. The zero-order chi connectivity index (χ0) is 18.6. The van der Waals surface area contributed by atoms with Crippen LogP contribution >= 0.6 is 0 Å². The lowest BCUT2D eigenvalue weighted by Gasteiger charge is -2.06. The van der Waals surface area contributed by atoms with Crippen molar-refractivity contribution in [2.24, 2.45) is 0 Å².